The molecule has 0 saturated carbocycles. The van der Waals surface area contributed by atoms with E-state index >= 15 is 0 Å². The number of alkyl halides is 2. The lowest BCUT2D eigenvalue weighted by molar-refractivity contribution is 0.531. The van der Waals surface area contributed by atoms with Crippen molar-refractivity contribution in [2.24, 2.45) is 10.2 Å². The van der Waals surface area contributed by atoms with Crippen LogP contribution in [0.3, 0.4) is 0 Å². The third-order valence-electron chi connectivity index (χ3n) is 2.72. The Bertz CT molecular complexity index is 565. The molecule has 2 aromatic carbocycles. The Balaban J connectivity index is 2.46. The minimum Gasteiger partial charge on any atom is -0.223 e. The van der Waals surface area contributed by atoms with Crippen LogP contribution < -0.4 is 0 Å². The SMILES string of the molecule is C/C(=N\N=C(c1ccccc1)c1ccccc1)C(F)Cl. The van der Waals surface area contributed by atoms with E-state index in [4.69, 9.17) is 11.6 Å². The van der Waals surface area contributed by atoms with Gasteiger partial charge in [-0.1, -0.05) is 72.3 Å². The second kappa shape index (κ2) is 6.96. The summed E-state index contributed by atoms with van der Waals surface area (Å²) in [6.45, 7) is 1.51. The summed E-state index contributed by atoms with van der Waals surface area (Å²) < 4.78 is 12.9. The highest BCUT2D eigenvalue weighted by atomic mass is 35.5. The van der Waals surface area contributed by atoms with E-state index in [1.165, 1.54) is 6.92 Å². The molecular weight excluding hydrogens is 275 g/mol. The summed E-state index contributed by atoms with van der Waals surface area (Å²) in [4.78, 5) is 0. The van der Waals surface area contributed by atoms with E-state index in [0.717, 1.165) is 11.1 Å². The quantitative estimate of drug-likeness (QED) is 0.451. The van der Waals surface area contributed by atoms with Gasteiger partial charge in [-0.25, -0.2) is 4.39 Å². The van der Waals surface area contributed by atoms with Crippen LogP contribution in [0, 0.1) is 0 Å². The summed E-state index contributed by atoms with van der Waals surface area (Å²) >= 11 is 5.34. The molecule has 1 unspecified atom stereocenters. The first-order chi connectivity index (χ1) is 9.68. The molecule has 0 fully saturated rings. The number of rotatable bonds is 4. The number of benzene rings is 2. The number of nitrogens with zero attached hydrogens (tertiary/aromatic N) is 2. The van der Waals surface area contributed by atoms with Gasteiger partial charge in [0.1, 0.15) is 5.71 Å². The first-order valence-electron chi connectivity index (χ1n) is 6.19. The van der Waals surface area contributed by atoms with Crippen LogP contribution in [-0.4, -0.2) is 17.1 Å². The van der Waals surface area contributed by atoms with Crippen LogP contribution in [0.15, 0.2) is 70.9 Å². The average Bonchev–Trinajstić information content (AvgIpc) is 2.49. The molecule has 0 aromatic heterocycles. The Labute approximate surface area is 122 Å². The maximum atomic E-state index is 12.9. The summed E-state index contributed by atoms with van der Waals surface area (Å²) in [6, 6.07) is 19.3. The van der Waals surface area contributed by atoms with Crippen LogP contribution in [0.2, 0.25) is 0 Å². The van der Waals surface area contributed by atoms with E-state index < -0.39 is 5.63 Å². The summed E-state index contributed by atoms with van der Waals surface area (Å²) in [5.41, 5.74) is 1.03. The van der Waals surface area contributed by atoms with Crippen molar-refractivity contribution >= 4 is 23.0 Å². The van der Waals surface area contributed by atoms with Crippen LogP contribution in [0.25, 0.3) is 0 Å². The Morgan fingerprint density at radius 3 is 1.75 bits per heavy atom. The summed E-state index contributed by atoms with van der Waals surface area (Å²) in [6.07, 6.45) is 0. The molecule has 0 aliphatic rings. The predicted octanol–water partition coefficient (Wildman–Crippen LogP) is 4.43. The topological polar surface area (TPSA) is 24.7 Å². The maximum Gasteiger partial charge on any atom is 0.213 e. The molecule has 1 atom stereocenters. The fraction of sp³-hybridized carbons (Fsp3) is 0.125. The Kier molecular flexibility index (Phi) is 5.02. The van der Waals surface area contributed by atoms with E-state index in [1.54, 1.807) is 0 Å². The van der Waals surface area contributed by atoms with Crippen LogP contribution in [0.4, 0.5) is 4.39 Å². The van der Waals surface area contributed by atoms with Gasteiger partial charge in [-0.05, 0) is 6.92 Å². The fourth-order valence-corrected chi connectivity index (χ4v) is 1.69. The number of hydrogen-bond donors (Lipinski definition) is 0. The molecular formula is C16H14ClFN2. The standard InChI is InChI=1S/C16H14ClFN2/c1-12(16(17)18)19-20-15(13-8-4-2-5-9-13)14-10-6-3-7-11-14/h2-11,16H,1H3/b19-12+. The van der Waals surface area contributed by atoms with Gasteiger partial charge in [-0.15, -0.1) is 5.10 Å². The van der Waals surface area contributed by atoms with Crippen molar-refractivity contribution in [1.82, 2.24) is 0 Å². The van der Waals surface area contributed by atoms with E-state index in [2.05, 4.69) is 10.2 Å². The van der Waals surface area contributed by atoms with Gasteiger partial charge >= 0.3 is 0 Å². The molecule has 2 nitrogen and oxygen atoms in total. The van der Waals surface area contributed by atoms with Crippen molar-refractivity contribution in [3.8, 4) is 0 Å². The summed E-state index contributed by atoms with van der Waals surface area (Å²) in [5.74, 6) is 0. The number of halogens is 2. The van der Waals surface area contributed by atoms with Gasteiger partial charge in [0.2, 0.25) is 5.63 Å². The molecule has 0 radical (unpaired) electrons. The maximum absolute atomic E-state index is 12.9. The highest BCUT2D eigenvalue weighted by molar-refractivity contribution is 6.30. The van der Waals surface area contributed by atoms with Gasteiger partial charge in [0.15, 0.2) is 0 Å². The van der Waals surface area contributed by atoms with Gasteiger partial charge in [-0.2, -0.15) is 5.10 Å². The molecule has 0 aliphatic carbocycles. The molecule has 102 valence electrons. The van der Waals surface area contributed by atoms with Crippen molar-refractivity contribution in [2.75, 3.05) is 0 Å². The Morgan fingerprint density at radius 2 is 1.35 bits per heavy atom. The normalized spacial score (nSPS) is 12.8. The van der Waals surface area contributed by atoms with Gasteiger partial charge < -0.3 is 0 Å². The first-order valence-corrected chi connectivity index (χ1v) is 6.63. The molecule has 20 heavy (non-hydrogen) atoms. The largest absolute Gasteiger partial charge is 0.223 e. The zero-order valence-corrected chi connectivity index (χ0v) is 11.8. The summed E-state index contributed by atoms with van der Waals surface area (Å²) in [7, 11) is 0. The van der Waals surface area contributed by atoms with Crippen molar-refractivity contribution in [1.29, 1.82) is 0 Å². The molecule has 2 aromatic rings. The predicted molar refractivity (Wildman–Crippen MR) is 82.4 cm³/mol. The van der Waals surface area contributed by atoms with E-state index in [0.29, 0.717) is 5.71 Å². The molecule has 4 heteroatoms. The monoisotopic (exact) mass is 288 g/mol. The van der Waals surface area contributed by atoms with Gasteiger partial charge in [0.25, 0.3) is 0 Å². The summed E-state index contributed by atoms with van der Waals surface area (Å²) in [5, 5.41) is 8.04. The molecule has 0 heterocycles. The second-order valence-corrected chi connectivity index (χ2v) is 4.61. The molecule has 0 saturated heterocycles. The first kappa shape index (κ1) is 14.4. The molecule has 0 amide bonds. The third kappa shape index (κ3) is 3.75. The minimum absolute atomic E-state index is 0.135. The second-order valence-electron chi connectivity index (χ2n) is 4.22. The van der Waals surface area contributed by atoms with Crippen molar-refractivity contribution in [3.63, 3.8) is 0 Å². The fourth-order valence-electron chi connectivity index (χ4n) is 1.65. The van der Waals surface area contributed by atoms with Crippen LogP contribution >= 0.6 is 11.6 Å². The van der Waals surface area contributed by atoms with Crippen LogP contribution in [0.5, 0.6) is 0 Å². The van der Waals surface area contributed by atoms with E-state index in [-0.39, 0.29) is 5.71 Å². The zero-order chi connectivity index (χ0) is 14.4. The van der Waals surface area contributed by atoms with Crippen molar-refractivity contribution in [2.45, 2.75) is 12.6 Å². The van der Waals surface area contributed by atoms with Gasteiger partial charge in [-0.3, -0.25) is 0 Å². The third-order valence-corrected chi connectivity index (χ3v) is 3.03. The highest BCUT2D eigenvalue weighted by Crippen LogP contribution is 2.11. The van der Waals surface area contributed by atoms with Crippen molar-refractivity contribution < 1.29 is 4.39 Å². The number of hydrogen-bond acceptors (Lipinski definition) is 2. The van der Waals surface area contributed by atoms with Gasteiger partial charge in [0, 0.05) is 11.1 Å². The molecule has 0 bridgehead atoms. The van der Waals surface area contributed by atoms with Crippen LogP contribution in [-0.2, 0) is 0 Å². The van der Waals surface area contributed by atoms with Crippen molar-refractivity contribution in [3.05, 3.63) is 71.8 Å². The smallest absolute Gasteiger partial charge is 0.213 e. The molecule has 0 spiro atoms. The van der Waals surface area contributed by atoms with E-state index in [1.807, 2.05) is 60.7 Å². The average molecular weight is 289 g/mol. The van der Waals surface area contributed by atoms with Crippen LogP contribution in [0.1, 0.15) is 18.1 Å². The zero-order valence-electron chi connectivity index (χ0n) is 11.0. The van der Waals surface area contributed by atoms with E-state index in [9.17, 15) is 4.39 Å². The highest BCUT2D eigenvalue weighted by Gasteiger charge is 2.08. The lowest BCUT2D eigenvalue weighted by Crippen LogP contribution is -2.06. The molecule has 0 N–H and O–H groups in total. The minimum atomic E-state index is -1.62. The lowest BCUT2D eigenvalue weighted by atomic mass is 10.0. The molecule has 0 aliphatic heterocycles. The molecule has 2 rings (SSSR count). The Hall–Kier alpha value is -2.00. The lowest BCUT2D eigenvalue weighted by Gasteiger charge is -2.05. The Morgan fingerprint density at radius 1 is 0.900 bits per heavy atom. The van der Waals surface area contributed by atoms with Gasteiger partial charge in [0.05, 0.1) is 5.71 Å².